The number of nitrogens with zero attached hydrogens (tertiary/aromatic N) is 1. The molecule has 1 aliphatic heterocycles. The van der Waals surface area contributed by atoms with Gasteiger partial charge in [-0.1, -0.05) is 6.08 Å². The average molecular weight is 283 g/mol. The van der Waals surface area contributed by atoms with Crippen molar-refractivity contribution in [3.05, 3.63) is 12.7 Å². The Balaban J connectivity index is 2.44. The Bertz CT molecular complexity index is 410. The molecule has 0 aromatic rings. The molecule has 0 aromatic carbocycles. The van der Waals surface area contributed by atoms with Gasteiger partial charge in [0.05, 0.1) is 12.0 Å². The summed E-state index contributed by atoms with van der Waals surface area (Å²) in [5.41, 5.74) is -0.830. The molecule has 0 aromatic heterocycles. The van der Waals surface area contributed by atoms with E-state index in [-0.39, 0.29) is 13.1 Å². The van der Waals surface area contributed by atoms with Gasteiger partial charge in [-0.25, -0.2) is 4.79 Å². The van der Waals surface area contributed by atoms with E-state index < -0.39 is 23.3 Å². The Morgan fingerprint density at radius 1 is 1.45 bits per heavy atom. The van der Waals surface area contributed by atoms with Crippen LogP contribution in [0.1, 0.15) is 19.8 Å². The van der Waals surface area contributed by atoms with Crippen molar-refractivity contribution in [1.29, 1.82) is 0 Å². The van der Waals surface area contributed by atoms with Gasteiger partial charge in [0.25, 0.3) is 0 Å². The lowest BCUT2D eigenvalue weighted by Crippen LogP contribution is -2.50. The van der Waals surface area contributed by atoms with Crippen molar-refractivity contribution in [2.24, 2.45) is 5.41 Å². The van der Waals surface area contributed by atoms with Crippen LogP contribution in [0.2, 0.25) is 0 Å². The van der Waals surface area contributed by atoms with E-state index in [4.69, 9.17) is 0 Å². The van der Waals surface area contributed by atoms with Crippen LogP contribution in [-0.2, 0) is 9.59 Å². The zero-order valence-corrected chi connectivity index (χ0v) is 11.6. The molecule has 1 rings (SSSR count). The van der Waals surface area contributed by atoms with E-state index in [0.717, 1.165) is 6.42 Å². The van der Waals surface area contributed by atoms with Crippen LogP contribution in [-0.4, -0.2) is 54.1 Å². The summed E-state index contributed by atoms with van der Waals surface area (Å²) < 4.78 is 0. The predicted molar refractivity (Wildman–Crippen MR) is 73.2 cm³/mol. The van der Waals surface area contributed by atoms with Crippen LogP contribution < -0.4 is 10.6 Å². The highest BCUT2D eigenvalue weighted by atomic mass is 16.4. The maximum atomic E-state index is 11.7. The number of carboxylic acids is 1. The maximum Gasteiger partial charge on any atom is 0.321 e. The third kappa shape index (κ3) is 4.65. The van der Waals surface area contributed by atoms with Crippen molar-refractivity contribution in [2.45, 2.75) is 19.8 Å². The van der Waals surface area contributed by atoms with Gasteiger partial charge < -0.3 is 10.4 Å². The van der Waals surface area contributed by atoms with E-state index in [2.05, 4.69) is 17.2 Å². The fourth-order valence-electron chi connectivity index (χ4n) is 2.23. The largest absolute Gasteiger partial charge is 0.481 e. The standard InChI is InChI=1S/C13H21N3O4/c1-3-6-14-12(20)15-10(17)8-16-7-4-5-13(2,9-16)11(18)19/h3H,1,4-9H2,2H3,(H,18,19)(H2,14,15,17,20). The third-order valence-electron chi connectivity index (χ3n) is 3.32. The fourth-order valence-corrected chi connectivity index (χ4v) is 2.23. The van der Waals surface area contributed by atoms with Crippen LogP contribution in [0, 0.1) is 5.41 Å². The van der Waals surface area contributed by atoms with Gasteiger partial charge in [-0.3, -0.25) is 19.8 Å². The van der Waals surface area contributed by atoms with Gasteiger partial charge in [0.1, 0.15) is 0 Å². The molecule has 0 spiro atoms. The van der Waals surface area contributed by atoms with Crippen LogP contribution in [0.4, 0.5) is 4.79 Å². The number of hydrogen-bond donors (Lipinski definition) is 3. The van der Waals surface area contributed by atoms with E-state index in [1.165, 1.54) is 6.08 Å². The number of imide groups is 1. The number of hydrogen-bond acceptors (Lipinski definition) is 4. The molecule has 3 N–H and O–H groups in total. The maximum absolute atomic E-state index is 11.7. The second-order valence-corrected chi connectivity index (χ2v) is 5.23. The van der Waals surface area contributed by atoms with E-state index in [1.54, 1.807) is 11.8 Å². The Morgan fingerprint density at radius 3 is 2.75 bits per heavy atom. The van der Waals surface area contributed by atoms with Crippen molar-refractivity contribution in [3.63, 3.8) is 0 Å². The monoisotopic (exact) mass is 283 g/mol. The molecule has 3 amide bonds. The van der Waals surface area contributed by atoms with E-state index in [9.17, 15) is 19.5 Å². The molecule has 1 unspecified atom stereocenters. The first-order valence-electron chi connectivity index (χ1n) is 6.52. The second kappa shape index (κ2) is 7.04. The lowest BCUT2D eigenvalue weighted by Gasteiger charge is -2.36. The van der Waals surface area contributed by atoms with Crippen molar-refractivity contribution < 1.29 is 19.5 Å². The minimum atomic E-state index is -0.855. The molecule has 7 nitrogen and oxygen atoms in total. The molecule has 1 saturated heterocycles. The van der Waals surface area contributed by atoms with Gasteiger partial charge in [-0.2, -0.15) is 0 Å². The van der Waals surface area contributed by atoms with Gasteiger partial charge in [0, 0.05) is 13.1 Å². The SMILES string of the molecule is C=CCNC(=O)NC(=O)CN1CCCC(C)(C(=O)O)C1. The van der Waals surface area contributed by atoms with Gasteiger partial charge in [0.15, 0.2) is 0 Å². The number of carbonyl (C=O) groups is 3. The summed E-state index contributed by atoms with van der Waals surface area (Å²) in [6.45, 7) is 6.39. The van der Waals surface area contributed by atoms with Crippen molar-refractivity contribution in [3.8, 4) is 0 Å². The zero-order chi connectivity index (χ0) is 15.2. The third-order valence-corrected chi connectivity index (χ3v) is 3.32. The van der Waals surface area contributed by atoms with Crippen LogP contribution in [0.25, 0.3) is 0 Å². The van der Waals surface area contributed by atoms with Gasteiger partial charge in [-0.05, 0) is 26.3 Å². The second-order valence-electron chi connectivity index (χ2n) is 5.23. The first-order chi connectivity index (χ1) is 9.37. The van der Waals surface area contributed by atoms with Crippen LogP contribution >= 0.6 is 0 Å². The van der Waals surface area contributed by atoms with E-state index >= 15 is 0 Å². The van der Waals surface area contributed by atoms with E-state index in [1.807, 2.05) is 0 Å². The molecule has 7 heteroatoms. The number of carboxylic acid groups (broad SMARTS) is 1. The summed E-state index contributed by atoms with van der Waals surface area (Å²) in [5.74, 6) is -1.30. The van der Waals surface area contributed by atoms with Gasteiger partial charge in [0.2, 0.25) is 5.91 Å². The normalized spacial score (nSPS) is 22.9. The lowest BCUT2D eigenvalue weighted by atomic mass is 9.82. The molecular weight excluding hydrogens is 262 g/mol. The summed E-state index contributed by atoms with van der Waals surface area (Å²) in [6.07, 6.45) is 2.83. The first kappa shape index (κ1) is 16.2. The molecule has 112 valence electrons. The summed E-state index contributed by atoms with van der Waals surface area (Å²) >= 11 is 0. The van der Waals surface area contributed by atoms with Gasteiger partial charge >= 0.3 is 12.0 Å². The topological polar surface area (TPSA) is 98.7 Å². The molecule has 0 saturated carbocycles. The predicted octanol–water partition coefficient (Wildman–Crippen LogP) is 0.185. The summed E-state index contributed by atoms with van der Waals surface area (Å²) in [6, 6.07) is -0.576. The lowest BCUT2D eigenvalue weighted by molar-refractivity contribution is -0.151. The van der Waals surface area contributed by atoms with Crippen molar-refractivity contribution in [2.75, 3.05) is 26.2 Å². The zero-order valence-electron chi connectivity index (χ0n) is 11.6. The number of likely N-dealkylation sites (tertiary alicyclic amines) is 1. The highest BCUT2D eigenvalue weighted by molar-refractivity contribution is 5.95. The molecule has 1 atom stereocenters. The number of piperidine rings is 1. The number of rotatable bonds is 5. The van der Waals surface area contributed by atoms with Crippen LogP contribution in [0.5, 0.6) is 0 Å². The quantitative estimate of drug-likeness (QED) is 0.625. The smallest absolute Gasteiger partial charge is 0.321 e. The minimum absolute atomic E-state index is 0.0182. The highest BCUT2D eigenvalue weighted by Gasteiger charge is 2.38. The Kier molecular flexibility index (Phi) is 5.69. The summed E-state index contributed by atoms with van der Waals surface area (Å²) in [4.78, 5) is 35.9. The molecule has 0 radical (unpaired) electrons. The van der Waals surface area contributed by atoms with E-state index in [0.29, 0.717) is 19.5 Å². The molecule has 20 heavy (non-hydrogen) atoms. The Hall–Kier alpha value is -1.89. The van der Waals surface area contributed by atoms with Crippen molar-refractivity contribution >= 4 is 17.9 Å². The number of amides is 3. The molecule has 1 heterocycles. The molecule has 0 bridgehead atoms. The summed E-state index contributed by atoms with van der Waals surface area (Å²) in [5, 5.41) is 13.8. The van der Waals surface area contributed by atoms with Crippen LogP contribution in [0.3, 0.4) is 0 Å². The Labute approximate surface area is 118 Å². The molecule has 0 aliphatic carbocycles. The highest BCUT2D eigenvalue weighted by Crippen LogP contribution is 2.29. The fraction of sp³-hybridized carbons (Fsp3) is 0.615. The molecule has 1 aliphatic rings. The molecular formula is C13H21N3O4. The van der Waals surface area contributed by atoms with Crippen LogP contribution in [0.15, 0.2) is 12.7 Å². The number of urea groups is 1. The molecule has 1 fully saturated rings. The van der Waals surface area contributed by atoms with Crippen molar-refractivity contribution in [1.82, 2.24) is 15.5 Å². The average Bonchev–Trinajstić information content (AvgIpc) is 2.36. The Morgan fingerprint density at radius 2 is 2.15 bits per heavy atom. The number of aliphatic carboxylic acids is 1. The minimum Gasteiger partial charge on any atom is -0.481 e. The number of carbonyl (C=O) groups excluding carboxylic acids is 2. The first-order valence-corrected chi connectivity index (χ1v) is 6.52. The number of nitrogens with one attached hydrogen (secondary N) is 2. The van der Waals surface area contributed by atoms with Gasteiger partial charge in [-0.15, -0.1) is 6.58 Å². The summed E-state index contributed by atoms with van der Waals surface area (Å²) in [7, 11) is 0.